The lowest BCUT2D eigenvalue weighted by molar-refractivity contribution is -0.170. The van der Waals surface area contributed by atoms with Gasteiger partial charge in [-0.2, -0.15) is 13.2 Å². The van der Waals surface area contributed by atoms with Crippen molar-refractivity contribution >= 4 is 11.9 Å². The summed E-state index contributed by atoms with van der Waals surface area (Å²) in [6.45, 7) is 0. The van der Waals surface area contributed by atoms with E-state index < -0.39 is 35.4 Å². The van der Waals surface area contributed by atoms with Gasteiger partial charge >= 0.3 is 12.1 Å². The van der Waals surface area contributed by atoms with Gasteiger partial charge in [-0.25, -0.2) is 0 Å². The van der Waals surface area contributed by atoms with Crippen molar-refractivity contribution in [2.24, 2.45) is 11.8 Å². The molecule has 4 nitrogen and oxygen atoms in total. The van der Waals surface area contributed by atoms with E-state index in [1.807, 2.05) is 5.32 Å². The summed E-state index contributed by atoms with van der Waals surface area (Å²) in [5.41, 5.74) is -2.09. The fraction of sp³-hybridized carbons (Fsp3) is 0.778. The van der Waals surface area contributed by atoms with Crippen LogP contribution in [0.1, 0.15) is 19.3 Å². The summed E-state index contributed by atoms with van der Waals surface area (Å²) < 4.78 is 37.4. The number of carboxylic acids is 1. The van der Waals surface area contributed by atoms with Crippen LogP contribution < -0.4 is 5.32 Å². The van der Waals surface area contributed by atoms with Gasteiger partial charge in [0.15, 0.2) is 0 Å². The van der Waals surface area contributed by atoms with E-state index in [9.17, 15) is 22.8 Å². The molecule has 16 heavy (non-hydrogen) atoms. The molecule has 0 bridgehead atoms. The summed E-state index contributed by atoms with van der Waals surface area (Å²) in [6.07, 6.45) is -4.55. The third-order valence-electron chi connectivity index (χ3n) is 3.10. The first kappa shape index (κ1) is 11.2. The number of carbonyl (C=O) groups is 2. The minimum absolute atomic E-state index is 0.118. The summed E-state index contributed by atoms with van der Waals surface area (Å²) in [7, 11) is 0. The number of amides is 1. The van der Waals surface area contributed by atoms with Crippen LogP contribution in [0.5, 0.6) is 0 Å². The molecule has 2 atom stereocenters. The summed E-state index contributed by atoms with van der Waals surface area (Å²) in [4.78, 5) is 21.8. The lowest BCUT2D eigenvalue weighted by atomic mass is 10.2. The Morgan fingerprint density at radius 3 is 2.12 bits per heavy atom. The van der Waals surface area contributed by atoms with Crippen molar-refractivity contribution in [2.45, 2.75) is 31.0 Å². The second kappa shape index (κ2) is 3.11. The third kappa shape index (κ3) is 1.74. The highest BCUT2D eigenvalue weighted by Gasteiger charge is 2.65. The Morgan fingerprint density at radius 2 is 1.81 bits per heavy atom. The van der Waals surface area contributed by atoms with E-state index in [-0.39, 0.29) is 19.3 Å². The molecule has 0 saturated heterocycles. The Bertz CT molecular complexity index is 348. The van der Waals surface area contributed by atoms with Crippen LogP contribution in [0.15, 0.2) is 0 Å². The maximum absolute atomic E-state index is 12.5. The molecule has 90 valence electrons. The first-order chi connectivity index (χ1) is 7.27. The highest BCUT2D eigenvalue weighted by molar-refractivity contribution is 5.90. The van der Waals surface area contributed by atoms with Crippen molar-refractivity contribution in [3.05, 3.63) is 0 Å². The number of aliphatic carboxylic acids is 1. The van der Waals surface area contributed by atoms with Crippen LogP contribution in [0.2, 0.25) is 0 Å². The predicted molar refractivity (Wildman–Crippen MR) is 45.4 cm³/mol. The van der Waals surface area contributed by atoms with Gasteiger partial charge in [0.25, 0.3) is 0 Å². The minimum Gasteiger partial charge on any atom is -0.481 e. The molecule has 2 fully saturated rings. The monoisotopic (exact) mass is 237 g/mol. The van der Waals surface area contributed by atoms with E-state index in [1.165, 1.54) is 0 Å². The highest BCUT2D eigenvalue weighted by Crippen LogP contribution is 2.50. The van der Waals surface area contributed by atoms with Gasteiger partial charge in [-0.3, -0.25) is 9.59 Å². The summed E-state index contributed by atoms with van der Waals surface area (Å²) in [5.74, 6) is -3.53. The molecule has 0 aromatic heterocycles. The lowest BCUT2D eigenvalue weighted by Gasteiger charge is -2.20. The van der Waals surface area contributed by atoms with Gasteiger partial charge in [0.05, 0.1) is 11.8 Å². The molecule has 2 aliphatic rings. The normalized spacial score (nSPS) is 30.7. The molecule has 0 spiro atoms. The molecule has 1 amide bonds. The summed E-state index contributed by atoms with van der Waals surface area (Å²) in [5, 5.41) is 10.5. The number of hydrogen-bond acceptors (Lipinski definition) is 2. The molecule has 0 unspecified atom stereocenters. The zero-order valence-corrected chi connectivity index (χ0v) is 8.17. The molecule has 2 rings (SSSR count). The Balaban J connectivity index is 1.93. The van der Waals surface area contributed by atoms with E-state index in [1.54, 1.807) is 0 Å². The molecular formula is C9H10F3NO3. The first-order valence-electron chi connectivity index (χ1n) is 4.88. The minimum atomic E-state index is -4.45. The average Bonchev–Trinajstić information content (AvgIpc) is 2.96. The number of nitrogens with one attached hydrogen (secondary N) is 1. The van der Waals surface area contributed by atoms with Gasteiger partial charge in [0.1, 0.15) is 5.54 Å². The average molecular weight is 237 g/mol. The molecule has 7 heteroatoms. The Hall–Kier alpha value is -1.27. The Morgan fingerprint density at radius 1 is 1.25 bits per heavy atom. The van der Waals surface area contributed by atoms with E-state index in [4.69, 9.17) is 5.11 Å². The van der Waals surface area contributed by atoms with Gasteiger partial charge in [-0.1, -0.05) is 0 Å². The van der Waals surface area contributed by atoms with E-state index in [2.05, 4.69) is 0 Å². The first-order valence-corrected chi connectivity index (χ1v) is 4.88. The van der Waals surface area contributed by atoms with Crippen molar-refractivity contribution in [1.82, 2.24) is 5.32 Å². The topological polar surface area (TPSA) is 66.4 Å². The van der Waals surface area contributed by atoms with Gasteiger partial charge in [-0.15, -0.1) is 0 Å². The van der Waals surface area contributed by atoms with Crippen LogP contribution in [0, 0.1) is 11.8 Å². The predicted octanol–water partition coefficient (Wildman–Crippen LogP) is 0.918. The zero-order chi connectivity index (χ0) is 12.1. The quantitative estimate of drug-likeness (QED) is 0.767. The van der Waals surface area contributed by atoms with Crippen LogP contribution in [0.25, 0.3) is 0 Å². The molecular weight excluding hydrogens is 227 g/mol. The molecule has 0 aromatic carbocycles. The second-order valence-corrected chi connectivity index (χ2v) is 4.36. The third-order valence-corrected chi connectivity index (χ3v) is 3.10. The van der Waals surface area contributed by atoms with Gasteiger partial charge in [0, 0.05) is 0 Å². The maximum atomic E-state index is 12.5. The van der Waals surface area contributed by atoms with E-state index in [0.29, 0.717) is 0 Å². The molecule has 2 saturated carbocycles. The zero-order valence-electron chi connectivity index (χ0n) is 8.17. The van der Waals surface area contributed by atoms with Crippen molar-refractivity contribution in [1.29, 1.82) is 0 Å². The van der Waals surface area contributed by atoms with Crippen LogP contribution >= 0.6 is 0 Å². The number of hydrogen-bond donors (Lipinski definition) is 2. The SMILES string of the molecule is O=C(O)[C@H]1C[C@H]1C(=O)NC1(C(F)(F)F)CC1. The highest BCUT2D eigenvalue weighted by atomic mass is 19.4. The van der Waals surface area contributed by atoms with Gasteiger partial charge < -0.3 is 10.4 Å². The Labute approximate surface area is 88.8 Å². The number of halogens is 3. The van der Waals surface area contributed by atoms with Crippen LogP contribution in [0.3, 0.4) is 0 Å². The lowest BCUT2D eigenvalue weighted by Crippen LogP contribution is -2.48. The molecule has 2 aliphatic carbocycles. The van der Waals surface area contributed by atoms with Crippen LogP contribution in [-0.2, 0) is 9.59 Å². The number of carbonyl (C=O) groups excluding carboxylic acids is 1. The molecule has 0 aromatic rings. The Kier molecular flexibility index (Phi) is 2.18. The van der Waals surface area contributed by atoms with E-state index >= 15 is 0 Å². The maximum Gasteiger partial charge on any atom is 0.411 e. The molecule has 2 N–H and O–H groups in total. The van der Waals surface area contributed by atoms with Crippen molar-refractivity contribution in [3.8, 4) is 0 Å². The van der Waals surface area contributed by atoms with Gasteiger partial charge in [-0.05, 0) is 19.3 Å². The fourth-order valence-electron chi connectivity index (χ4n) is 1.69. The van der Waals surface area contributed by atoms with E-state index in [0.717, 1.165) is 0 Å². The summed E-state index contributed by atoms with van der Waals surface area (Å²) >= 11 is 0. The molecule has 0 radical (unpaired) electrons. The number of rotatable bonds is 3. The largest absolute Gasteiger partial charge is 0.481 e. The molecule has 0 aliphatic heterocycles. The second-order valence-electron chi connectivity index (χ2n) is 4.36. The van der Waals surface area contributed by atoms with Gasteiger partial charge in [0.2, 0.25) is 5.91 Å². The smallest absolute Gasteiger partial charge is 0.411 e. The van der Waals surface area contributed by atoms with Crippen LogP contribution in [0.4, 0.5) is 13.2 Å². The van der Waals surface area contributed by atoms with Crippen LogP contribution in [-0.4, -0.2) is 28.7 Å². The number of carboxylic acid groups (broad SMARTS) is 1. The van der Waals surface area contributed by atoms with Crippen molar-refractivity contribution in [3.63, 3.8) is 0 Å². The van der Waals surface area contributed by atoms with Crippen molar-refractivity contribution < 1.29 is 27.9 Å². The molecule has 0 heterocycles. The van der Waals surface area contributed by atoms with Crippen molar-refractivity contribution in [2.75, 3.05) is 0 Å². The standard InChI is InChI=1S/C9H10F3NO3/c10-9(11,12)8(1-2-8)13-6(14)4-3-5(4)7(15)16/h4-5H,1-3H2,(H,13,14)(H,15,16)/t4-,5+/m1/s1. The summed E-state index contributed by atoms with van der Waals surface area (Å²) in [6, 6.07) is 0. The number of alkyl halides is 3. The fourth-order valence-corrected chi connectivity index (χ4v) is 1.69.